The van der Waals surface area contributed by atoms with Crippen LogP contribution in [0.2, 0.25) is 5.02 Å². The molecule has 2 N–H and O–H groups in total. The van der Waals surface area contributed by atoms with E-state index in [1.165, 1.54) is 6.92 Å². The molecule has 1 heterocycles. The van der Waals surface area contributed by atoms with Crippen molar-refractivity contribution in [3.63, 3.8) is 0 Å². The van der Waals surface area contributed by atoms with Gasteiger partial charge in [-0.3, -0.25) is 4.72 Å². The van der Waals surface area contributed by atoms with Crippen molar-refractivity contribution in [3.8, 4) is 0 Å². The first-order valence-electron chi connectivity index (χ1n) is 5.52. The molecule has 0 atom stereocenters. The molecule has 112 valence electrons. The van der Waals surface area contributed by atoms with Crippen molar-refractivity contribution >= 4 is 33.3 Å². The second-order valence-corrected chi connectivity index (χ2v) is 6.12. The zero-order chi connectivity index (χ0) is 15.8. The monoisotopic (exact) mass is 333 g/mol. The summed E-state index contributed by atoms with van der Waals surface area (Å²) < 4.78 is 44.3. The van der Waals surface area contributed by atoms with Crippen molar-refractivity contribution in [2.24, 2.45) is 0 Å². The molecule has 0 saturated carbocycles. The van der Waals surface area contributed by atoms with Crippen LogP contribution in [0.1, 0.15) is 16.3 Å². The number of furan rings is 1. The Morgan fingerprint density at radius 1 is 1.38 bits per heavy atom. The molecule has 21 heavy (non-hydrogen) atoms. The van der Waals surface area contributed by atoms with Crippen LogP contribution in [-0.2, 0) is 10.0 Å². The molecule has 0 bridgehead atoms. The summed E-state index contributed by atoms with van der Waals surface area (Å²) in [6.07, 6.45) is 0. The number of nitrogens with one attached hydrogen (secondary N) is 1. The fraction of sp³-hybridized carbons (Fsp3) is 0.0833. The average molecular weight is 334 g/mol. The van der Waals surface area contributed by atoms with Gasteiger partial charge in [-0.15, -0.1) is 0 Å². The lowest BCUT2D eigenvalue weighted by molar-refractivity contribution is 0.0661. The van der Waals surface area contributed by atoms with Crippen molar-refractivity contribution in [2.45, 2.75) is 11.8 Å². The van der Waals surface area contributed by atoms with Gasteiger partial charge in [0.2, 0.25) is 5.76 Å². The number of carboxylic acids is 1. The lowest BCUT2D eigenvalue weighted by atomic mass is 10.3. The molecule has 0 fully saturated rings. The molecule has 0 radical (unpaired) electrons. The number of carbonyl (C=O) groups is 1. The van der Waals surface area contributed by atoms with Crippen molar-refractivity contribution in [2.75, 3.05) is 4.72 Å². The van der Waals surface area contributed by atoms with E-state index >= 15 is 0 Å². The van der Waals surface area contributed by atoms with E-state index in [4.69, 9.17) is 21.1 Å². The minimum Gasteiger partial charge on any atom is -0.475 e. The van der Waals surface area contributed by atoms with Gasteiger partial charge in [0, 0.05) is 6.07 Å². The van der Waals surface area contributed by atoms with Crippen LogP contribution < -0.4 is 4.72 Å². The van der Waals surface area contributed by atoms with Crippen LogP contribution in [0, 0.1) is 12.7 Å². The Morgan fingerprint density at radius 3 is 2.57 bits per heavy atom. The van der Waals surface area contributed by atoms with E-state index in [0.29, 0.717) is 0 Å². The average Bonchev–Trinajstić information content (AvgIpc) is 2.76. The van der Waals surface area contributed by atoms with Crippen molar-refractivity contribution in [1.29, 1.82) is 0 Å². The van der Waals surface area contributed by atoms with Gasteiger partial charge in [0.1, 0.15) is 16.5 Å². The number of aryl methyl sites for hydroxylation is 1. The van der Waals surface area contributed by atoms with Gasteiger partial charge in [0.15, 0.2) is 0 Å². The molecule has 0 aliphatic carbocycles. The molecule has 9 heteroatoms. The lowest BCUT2D eigenvalue weighted by Gasteiger charge is -2.08. The van der Waals surface area contributed by atoms with Crippen LogP contribution in [0.25, 0.3) is 0 Å². The van der Waals surface area contributed by atoms with Gasteiger partial charge in [-0.25, -0.2) is 17.6 Å². The number of benzene rings is 1. The van der Waals surface area contributed by atoms with Crippen molar-refractivity contribution in [1.82, 2.24) is 0 Å². The normalized spacial score (nSPS) is 11.4. The van der Waals surface area contributed by atoms with Crippen molar-refractivity contribution in [3.05, 3.63) is 46.6 Å². The second kappa shape index (κ2) is 5.38. The first-order chi connectivity index (χ1) is 9.70. The van der Waals surface area contributed by atoms with Crippen LogP contribution in [0.3, 0.4) is 0 Å². The number of sulfonamides is 1. The van der Waals surface area contributed by atoms with Gasteiger partial charge in [0.05, 0.1) is 10.7 Å². The number of anilines is 1. The fourth-order valence-electron chi connectivity index (χ4n) is 1.61. The topological polar surface area (TPSA) is 96.6 Å². The van der Waals surface area contributed by atoms with Crippen LogP contribution in [0.5, 0.6) is 0 Å². The Hall–Kier alpha value is -2.06. The highest BCUT2D eigenvalue weighted by molar-refractivity contribution is 7.92. The molecule has 0 amide bonds. The molecule has 2 rings (SSSR count). The molecule has 2 aromatic rings. The predicted octanol–water partition coefficient (Wildman–Crippen LogP) is 2.88. The Kier molecular flexibility index (Phi) is 3.93. The molecule has 1 aromatic carbocycles. The van der Waals surface area contributed by atoms with Crippen LogP contribution in [0.15, 0.2) is 33.6 Å². The summed E-state index contributed by atoms with van der Waals surface area (Å²) in [7, 11) is -4.11. The van der Waals surface area contributed by atoms with Gasteiger partial charge in [-0.1, -0.05) is 11.6 Å². The summed E-state index contributed by atoms with van der Waals surface area (Å²) in [5, 5.41) is 8.65. The highest BCUT2D eigenvalue weighted by Gasteiger charge is 2.24. The summed E-state index contributed by atoms with van der Waals surface area (Å²) in [4.78, 5) is 10.4. The van der Waals surface area contributed by atoms with Gasteiger partial charge in [0.25, 0.3) is 10.0 Å². The van der Waals surface area contributed by atoms with E-state index < -0.39 is 27.6 Å². The summed E-state index contributed by atoms with van der Waals surface area (Å²) in [5.41, 5.74) is -0.0319. The van der Waals surface area contributed by atoms with Crippen LogP contribution in [0.4, 0.5) is 10.1 Å². The van der Waals surface area contributed by atoms with Gasteiger partial charge in [-0.05, 0) is 25.1 Å². The van der Waals surface area contributed by atoms with Crippen molar-refractivity contribution < 1.29 is 27.1 Å². The molecular formula is C12H9ClFNO5S. The first-order valence-corrected chi connectivity index (χ1v) is 7.38. The minimum atomic E-state index is -4.11. The molecule has 0 spiro atoms. The Bertz CT molecular complexity index is 815. The summed E-state index contributed by atoms with van der Waals surface area (Å²) in [6.45, 7) is 1.31. The van der Waals surface area contributed by atoms with E-state index in [9.17, 15) is 17.6 Å². The Balaban J connectivity index is 2.41. The Morgan fingerprint density at radius 2 is 2.05 bits per heavy atom. The molecule has 0 saturated heterocycles. The summed E-state index contributed by atoms with van der Waals surface area (Å²) in [6, 6.07) is 4.03. The second-order valence-electron chi connectivity index (χ2n) is 4.07. The fourth-order valence-corrected chi connectivity index (χ4v) is 3.14. The number of rotatable bonds is 4. The van der Waals surface area contributed by atoms with Gasteiger partial charge in [-0.2, -0.15) is 0 Å². The number of hydrogen-bond acceptors (Lipinski definition) is 4. The van der Waals surface area contributed by atoms with Crippen LogP contribution >= 0.6 is 11.6 Å². The maximum atomic E-state index is 12.9. The van der Waals surface area contributed by atoms with E-state index in [2.05, 4.69) is 4.72 Å². The third-order valence-electron chi connectivity index (χ3n) is 2.55. The van der Waals surface area contributed by atoms with Crippen LogP contribution in [-0.4, -0.2) is 19.5 Å². The predicted molar refractivity (Wildman–Crippen MR) is 72.6 cm³/mol. The molecule has 6 nitrogen and oxygen atoms in total. The van der Waals surface area contributed by atoms with E-state index in [0.717, 1.165) is 24.3 Å². The smallest absolute Gasteiger partial charge is 0.371 e. The van der Waals surface area contributed by atoms with E-state index in [-0.39, 0.29) is 21.4 Å². The third kappa shape index (κ3) is 3.17. The standard InChI is InChI=1S/C12H9ClFNO5S/c1-6-11(5-10(20-6)12(16)17)21(18,19)15-9-3-2-7(14)4-8(9)13/h2-5,15H,1H3,(H,16,17). The van der Waals surface area contributed by atoms with Gasteiger partial charge >= 0.3 is 5.97 Å². The zero-order valence-corrected chi connectivity index (χ0v) is 12.1. The highest BCUT2D eigenvalue weighted by atomic mass is 35.5. The molecular weight excluding hydrogens is 325 g/mol. The minimum absolute atomic E-state index is 0.0319. The number of carboxylic acid groups (broad SMARTS) is 1. The van der Waals surface area contributed by atoms with E-state index in [1.807, 2.05) is 0 Å². The summed E-state index contributed by atoms with van der Waals surface area (Å²) in [5.74, 6) is -2.59. The molecule has 0 aliphatic heterocycles. The lowest BCUT2D eigenvalue weighted by Crippen LogP contribution is -2.13. The quantitative estimate of drug-likeness (QED) is 0.896. The number of hydrogen-bond donors (Lipinski definition) is 2. The molecule has 0 aliphatic rings. The SMILES string of the molecule is Cc1oc(C(=O)O)cc1S(=O)(=O)Nc1ccc(F)cc1Cl. The number of aromatic carboxylic acids is 1. The maximum Gasteiger partial charge on any atom is 0.371 e. The zero-order valence-electron chi connectivity index (χ0n) is 10.6. The van der Waals surface area contributed by atoms with Gasteiger partial charge < -0.3 is 9.52 Å². The summed E-state index contributed by atoms with van der Waals surface area (Å²) >= 11 is 5.73. The highest BCUT2D eigenvalue weighted by Crippen LogP contribution is 2.27. The third-order valence-corrected chi connectivity index (χ3v) is 4.33. The first kappa shape index (κ1) is 15.3. The maximum absolute atomic E-state index is 12.9. The molecule has 1 aromatic heterocycles. The van der Waals surface area contributed by atoms with E-state index in [1.54, 1.807) is 0 Å². The number of halogens is 2. The Labute approximate surface area is 124 Å². The largest absolute Gasteiger partial charge is 0.475 e. The molecule has 0 unspecified atom stereocenters.